The summed E-state index contributed by atoms with van der Waals surface area (Å²) >= 11 is 0. The third kappa shape index (κ3) is 2.92. The summed E-state index contributed by atoms with van der Waals surface area (Å²) in [7, 11) is 0. The summed E-state index contributed by atoms with van der Waals surface area (Å²) in [4.78, 5) is 4.22. The zero-order chi connectivity index (χ0) is 12.3. The minimum atomic E-state index is -0.482. The number of benzene rings is 1. The summed E-state index contributed by atoms with van der Waals surface area (Å²) in [5.74, 6) is 0. The van der Waals surface area contributed by atoms with Gasteiger partial charge in [0.1, 0.15) is 0 Å². The smallest absolute Gasteiger partial charge is 0.0845 e. The van der Waals surface area contributed by atoms with Crippen LogP contribution in [0, 0.1) is 13.8 Å². The summed E-state index contributed by atoms with van der Waals surface area (Å²) in [6, 6.07) is 11.8. The van der Waals surface area contributed by atoms with Crippen molar-refractivity contribution in [2.45, 2.75) is 26.4 Å². The monoisotopic (exact) mass is 227 g/mol. The molecule has 1 unspecified atom stereocenters. The van der Waals surface area contributed by atoms with Gasteiger partial charge in [0.25, 0.3) is 0 Å². The van der Waals surface area contributed by atoms with Gasteiger partial charge in [0.15, 0.2) is 0 Å². The Morgan fingerprint density at radius 3 is 2.59 bits per heavy atom. The highest BCUT2D eigenvalue weighted by atomic mass is 16.3. The molecular formula is C15H17NO. The molecule has 1 N–H and O–H groups in total. The fraction of sp³-hybridized carbons (Fsp3) is 0.267. The van der Waals surface area contributed by atoms with Crippen LogP contribution in [0.5, 0.6) is 0 Å². The van der Waals surface area contributed by atoms with Crippen LogP contribution in [0.2, 0.25) is 0 Å². The standard InChI is InChI=1S/C15H17NO/c1-11-6-7-13(9-12(11)2)15(17)10-14-5-3-4-8-16-14/h3-9,15,17H,10H2,1-2H3. The van der Waals surface area contributed by atoms with Crippen molar-refractivity contribution in [3.63, 3.8) is 0 Å². The van der Waals surface area contributed by atoms with Crippen molar-refractivity contribution in [2.75, 3.05) is 0 Å². The lowest BCUT2D eigenvalue weighted by atomic mass is 10.00. The van der Waals surface area contributed by atoms with Gasteiger partial charge in [-0.3, -0.25) is 4.98 Å². The van der Waals surface area contributed by atoms with Crippen LogP contribution >= 0.6 is 0 Å². The Balaban J connectivity index is 2.14. The Morgan fingerprint density at radius 2 is 1.94 bits per heavy atom. The molecule has 1 heterocycles. The van der Waals surface area contributed by atoms with Gasteiger partial charge in [-0.25, -0.2) is 0 Å². The Bertz CT molecular complexity index is 494. The summed E-state index contributed by atoms with van der Waals surface area (Å²) in [5, 5.41) is 10.1. The van der Waals surface area contributed by atoms with E-state index < -0.39 is 6.10 Å². The Labute approximate surface area is 102 Å². The molecule has 2 aromatic rings. The average molecular weight is 227 g/mol. The molecule has 2 rings (SSSR count). The van der Waals surface area contributed by atoms with Gasteiger partial charge in [-0.05, 0) is 42.7 Å². The molecule has 1 atom stereocenters. The molecule has 2 nitrogen and oxygen atoms in total. The molecule has 0 aliphatic heterocycles. The summed E-state index contributed by atoms with van der Waals surface area (Å²) in [6.45, 7) is 4.14. The molecular weight excluding hydrogens is 210 g/mol. The molecule has 0 bridgehead atoms. The number of hydrogen-bond acceptors (Lipinski definition) is 2. The van der Waals surface area contributed by atoms with Crippen LogP contribution in [-0.2, 0) is 6.42 Å². The lowest BCUT2D eigenvalue weighted by molar-refractivity contribution is 0.177. The number of pyridine rings is 1. The summed E-state index contributed by atoms with van der Waals surface area (Å²) < 4.78 is 0. The van der Waals surface area contributed by atoms with Crippen molar-refractivity contribution in [3.05, 3.63) is 65.0 Å². The third-order valence-electron chi connectivity index (χ3n) is 3.04. The molecule has 0 fully saturated rings. The molecule has 0 aliphatic rings. The van der Waals surface area contributed by atoms with Gasteiger partial charge in [-0.1, -0.05) is 24.3 Å². The van der Waals surface area contributed by atoms with E-state index in [1.807, 2.05) is 36.4 Å². The van der Waals surface area contributed by atoms with E-state index in [0.717, 1.165) is 11.3 Å². The first kappa shape index (κ1) is 11.8. The normalized spacial score (nSPS) is 12.4. The highest BCUT2D eigenvalue weighted by Crippen LogP contribution is 2.19. The second kappa shape index (κ2) is 5.11. The van der Waals surface area contributed by atoms with Crippen molar-refractivity contribution >= 4 is 0 Å². The Hall–Kier alpha value is -1.67. The number of hydrogen-bond donors (Lipinski definition) is 1. The molecule has 0 radical (unpaired) electrons. The highest BCUT2D eigenvalue weighted by Gasteiger charge is 2.09. The van der Waals surface area contributed by atoms with E-state index in [-0.39, 0.29) is 0 Å². The lowest BCUT2D eigenvalue weighted by Gasteiger charge is -2.12. The van der Waals surface area contributed by atoms with Gasteiger partial charge in [0, 0.05) is 18.3 Å². The molecule has 0 saturated carbocycles. The van der Waals surface area contributed by atoms with E-state index in [4.69, 9.17) is 0 Å². The fourth-order valence-electron chi connectivity index (χ4n) is 1.81. The number of nitrogens with zero attached hydrogens (tertiary/aromatic N) is 1. The maximum absolute atomic E-state index is 10.1. The second-order valence-electron chi connectivity index (χ2n) is 4.38. The number of aryl methyl sites for hydroxylation is 2. The van der Waals surface area contributed by atoms with Crippen LogP contribution in [0.25, 0.3) is 0 Å². The van der Waals surface area contributed by atoms with E-state index in [2.05, 4.69) is 18.8 Å². The maximum Gasteiger partial charge on any atom is 0.0845 e. The first-order chi connectivity index (χ1) is 8.16. The summed E-state index contributed by atoms with van der Waals surface area (Å²) in [6.07, 6.45) is 1.83. The minimum Gasteiger partial charge on any atom is -0.388 e. The van der Waals surface area contributed by atoms with E-state index in [9.17, 15) is 5.11 Å². The van der Waals surface area contributed by atoms with E-state index >= 15 is 0 Å². The first-order valence-corrected chi connectivity index (χ1v) is 5.82. The van der Waals surface area contributed by atoms with Crippen LogP contribution in [0.4, 0.5) is 0 Å². The van der Waals surface area contributed by atoms with Crippen LogP contribution < -0.4 is 0 Å². The molecule has 1 aromatic heterocycles. The van der Waals surface area contributed by atoms with Crippen LogP contribution in [0.3, 0.4) is 0 Å². The number of aliphatic hydroxyl groups excluding tert-OH is 1. The largest absolute Gasteiger partial charge is 0.388 e. The first-order valence-electron chi connectivity index (χ1n) is 5.82. The van der Waals surface area contributed by atoms with Crippen LogP contribution in [0.15, 0.2) is 42.6 Å². The Kier molecular flexibility index (Phi) is 3.55. The van der Waals surface area contributed by atoms with E-state index in [1.54, 1.807) is 6.20 Å². The van der Waals surface area contributed by atoms with Gasteiger partial charge >= 0.3 is 0 Å². The van der Waals surface area contributed by atoms with Crippen molar-refractivity contribution < 1.29 is 5.11 Å². The molecule has 0 aliphatic carbocycles. The zero-order valence-electron chi connectivity index (χ0n) is 10.2. The van der Waals surface area contributed by atoms with Crippen molar-refractivity contribution in [3.8, 4) is 0 Å². The maximum atomic E-state index is 10.1. The Morgan fingerprint density at radius 1 is 1.12 bits per heavy atom. The topological polar surface area (TPSA) is 33.1 Å². The quantitative estimate of drug-likeness (QED) is 0.874. The number of rotatable bonds is 3. The molecule has 17 heavy (non-hydrogen) atoms. The molecule has 2 heteroatoms. The van der Waals surface area contributed by atoms with Crippen LogP contribution in [-0.4, -0.2) is 10.1 Å². The van der Waals surface area contributed by atoms with Crippen molar-refractivity contribution in [2.24, 2.45) is 0 Å². The van der Waals surface area contributed by atoms with Gasteiger partial charge in [0.2, 0.25) is 0 Å². The molecule has 0 spiro atoms. The number of aromatic nitrogens is 1. The van der Waals surface area contributed by atoms with Gasteiger partial charge in [-0.2, -0.15) is 0 Å². The van der Waals surface area contributed by atoms with Gasteiger partial charge < -0.3 is 5.11 Å². The van der Waals surface area contributed by atoms with E-state index in [1.165, 1.54) is 11.1 Å². The predicted molar refractivity (Wildman–Crippen MR) is 68.8 cm³/mol. The molecule has 0 amide bonds. The fourth-order valence-corrected chi connectivity index (χ4v) is 1.81. The van der Waals surface area contributed by atoms with Crippen LogP contribution in [0.1, 0.15) is 28.5 Å². The minimum absolute atomic E-state index is 0.482. The highest BCUT2D eigenvalue weighted by molar-refractivity contribution is 5.31. The van der Waals surface area contributed by atoms with Gasteiger partial charge in [0.05, 0.1) is 6.10 Å². The predicted octanol–water partition coefficient (Wildman–Crippen LogP) is 2.97. The number of aliphatic hydroxyl groups is 1. The third-order valence-corrected chi connectivity index (χ3v) is 3.04. The molecule has 1 aromatic carbocycles. The van der Waals surface area contributed by atoms with Crippen molar-refractivity contribution in [1.29, 1.82) is 0 Å². The average Bonchev–Trinajstić information content (AvgIpc) is 2.34. The second-order valence-corrected chi connectivity index (χ2v) is 4.38. The van der Waals surface area contributed by atoms with E-state index in [0.29, 0.717) is 6.42 Å². The van der Waals surface area contributed by atoms with Crippen molar-refractivity contribution in [1.82, 2.24) is 4.98 Å². The molecule has 0 saturated heterocycles. The SMILES string of the molecule is Cc1ccc(C(O)Cc2ccccn2)cc1C. The van der Waals surface area contributed by atoms with Gasteiger partial charge in [-0.15, -0.1) is 0 Å². The lowest BCUT2D eigenvalue weighted by Crippen LogP contribution is -2.03. The zero-order valence-corrected chi connectivity index (χ0v) is 10.2. The molecule has 88 valence electrons. The summed E-state index contributed by atoms with van der Waals surface area (Å²) in [5.41, 5.74) is 4.33.